The molecule has 1 heteroatoms. The van der Waals surface area contributed by atoms with Crippen molar-refractivity contribution in [1.29, 1.82) is 0 Å². The molecular weight excluding hydrogens is 200 g/mol. The van der Waals surface area contributed by atoms with E-state index in [0.717, 1.165) is 17.2 Å². The van der Waals surface area contributed by atoms with E-state index in [0.29, 0.717) is 0 Å². The predicted molar refractivity (Wildman–Crippen MR) is 56.3 cm³/mol. The van der Waals surface area contributed by atoms with Gasteiger partial charge < -0.3 is 0 Å². The van der Waals surface area contributed by atoms with Gasteiger partial charge in [-0.3, -0.25) is 0 Å². The highest BCUT2D eigenvalue weighted by atomic mass is 79.9. The summed E-state index contributed by atoms with van der Waals surface area (Å²) in [4.78, 5) is 0. The molecule has 0 saturated heterocycles. The van der Waals surface area contributed by atoms with Crippen molar-refractivity contribution in [1.82, 2.24) is 0 Å². The lowest BCUT2D eigenvalue weighted by atomic mass is 9.98. The molecule has 0 aliphatic carbocycles. The first kappa shape index (κ1) is 11.5. The molecule has 0 bridgehead atoms. The maximum atomic E-state index is 3.47. The van der Waals surface area contributed by atoms with Gasteiger partial charge in [-0.15, -0.1) is 0 Å². The van der Waals surface area contributed by atoms with Crippen LogP contribution >= 0.6 is 15.9 Å². The van der Waals surface area contributed by atoms with Gasteiger partial charge in [0.25, 0.3) is 0 Å². The summed E-state index contributed by atoms with van der Waals surface area (Å²) in [7, 11) is 0. The second kappa shape index (κ2) is 7.15. The number of hydrogen-bond acceptors (Lipinski definition) is 0. The zero-order valence-corrected chi connectivity index (χ0v) is 9.65. The van der Waals surface area contributed by atoms with Crippen LogP contribution in [0.3, 0.4) is 0 Å². The normalized spacial score (nSPS) is 13.9. The van der Waals surface area contributed by atoms with Crippen LogP contribution in [0, 0.1) is 11.8 Å². The molecule has 0 aromatic heterocycles. The third-order valence-corrected chi connectivity index (χ3v) is 2.54. The Bertz CT molecular complexity index is 78.9. The second-order valence-electron chi connectivity index (χ2n) is 3.91. The first-order valence-corrected chi connectivity index (χ1v) is 5.85. The molecule has 0 radical (unpaired) electrons. The average molecular weight is 221 g/mol. The van der Waals surface area contributed by atoms with Crippen molar-refractivity contribution < 1.29 is 0 Å². The van der Waals surface area contributed by atoms with E-state index < -0.39 is 0 Å². The largest absolute Gasteiger partial charge is 0.0928 e. The third kappa shape index (κ3) is 8.39. The second-order valence-corrected chi connectivity index (χ2v) is 4.70. The van der Waals surface area contributed by atoms with Crippen molar-refractivity contribution in [2.24, 2.45) is 11.8 Å². The molecule has 1 atom stereocenters. The van der Waals surface area contributed by atoms with E-state index in [4.69, 9.17) is 0 Å². The van der Waals surface area contributed by atoms with Crippen molar-refractivity contribution in [3.8, 4) is 0 Å². The van der Waals surface area contributed by atoms with Gasteiger partial charge >= 0.3 is 0 Å². The molecule has 0 heterocycles. The molecule has 0 amide bonds. The molecule has 0 fully saturated rings. The first-order valence-electron chi connectivity index (χ1n) is 4.72. The Hall–Kier alpha value is 0.480. The van der Waals surface area contributed by atoms with Crippen LogP contribution in [0.15, 0.2) is 0 Å². The molecule has 0 aromatic carbocycles. The highest BCUT2D eigenvalue weighted by Crippen LogP contribution is 2.15. The summed E-state index contributed by atoms with van der Waals surface area (Å²) in [6.45, 7) is 6.95. The fraction of sp³-hybridized carbons (Fsp3) is 1.00. The van der Waals surface area contributed by atoms with Crippen molar-refractivity contribution in [3.05, 3.63) is 0 Å². The average Bonchev–Trinajstić information content (AvgIpc) is 1.87. The van der Waals surface area contributed by atoms with E-state index in [1.165, 1.54) is 25.7 Å². The Morgan fingerprint density at radius 2 is 1.64 bits per heavy atom. The molecule has 68 valence electrons. The molecule has 0 aliphatic rings. The minimum atomic E-state index is 0.881. The van der Waals surface area contributed by atoms with Crippen molar-refractivity contribution in [2.45, 2.75) is 46.5 Å². The van der Waals surface area contributed by atoms with Crippen molar-refractivity contribution in [3.63, 3.8) is 0 Å². The van der Waals surface area contributed by atoms with Crippen LogP contribution in [0.4, 0.5) is 0 Å². The fourth-order valence-electron chi connectivity index (χ4n) is 1.21. The van der Waals surface area contributed by atoms with Gasteiger partial charge in [0.1, 0.15) is 0 Å². The zero-order valence-electron chi connectivity index (χ0n) is 8.07. The summed E-state index contributed by atoms with van der Waals surface area (Å²) >= 11 is 3.47. The Balaban J connectivity index is 3.10. The minimum absolute atomic E-state index is 0.881. The number of alkyl halides is 1. The molecule has 0 saturated carbocycles. The first-order chi connectivity index (χ1) is 5.16. The molecule has 0 spiro atoms. The summed E-state index contributed by atoms with van der Waals surface area (Å²) in [6.07, 6.45) is 5.54. The maximum Gasteiger partial charge on any atom is 0.00338 e. The smallest absolute Gasteiger partial charge is 0.00338 e. The molecule has 0 rings (SSSR count). The van der Waals surface area contributed by atoms with E-state index in [1.54, 1.807) is 0 Å². The molecule has 0 nitrogen and oxygen atoms in total. The van der Waals surface area contributed by atoms with Crippen molar-refractivity contribution in [2.75, 3.05) is 5.33 Å². The highest BCUT2D eigenvalue weighted by Gasteiger charge is 2.01. The molecule has 0 unspecified atom stereocenters. The monoisotopic (exact) mass is 220 g/mol. The quantitative estimate of drug-likeness (QED) is 0.588. The molecule has 0 aromatic rings. The van der Waals surface area contributed by atoms with E-state index >= 15 is 0 Å². The Labute approximate surface area is 79.9 Å². The number of hydrogen-bond donors (Lipinski definition) is 0. The fourth-order valence-corrected chi connectivity index (χ4v) is 1.99. The summed E-state index contributed by atoms with van der Waals surface area (Å²) < 4.78 is 0. The lowest BCUT2D eigenvalue weighted by Crippen LogP contribution is -1.96. The lowest BCUT2D eigenvalue weighted by molar-refractivity contribution is 0.452. The lowest BCUT2D eigenvalue weighted by Gasteiger charge is -2.09. The van der Waals surface area contributed by atoms with Gasteiger partial charge in [0.2, 0.25) is 0 Å². The van der Waals surface area contributed by atoms with Gasteiger partial charge in [0.15, 0.2) is 0 Å². The summed E-state index contributed by atoms with van der Waals surface area (Å²) in [5.41, 5.74) is 0. The van der Waals surface area contributed by atoms with E-state index in [2.05, 4.69) is 36.7 Å². The Morgan fingerprint density at radius 3 is 2.09 bits per heavy atom. The summed E-state index contributed by atoms with van der Waals surface area (Å²) in [5.74, 6) is 1.79. The Kier molecular flexibility index (Phi) is 7.46. The third-order valence-electron chi connectivity index (χ3n) is 2.08. The molecule has 0 N–H and O–H groups in total. The minimum Gasteiger partial charge on any atom is -0.0928 e. The van der Waals surface area contributed by atoms with Crippen LogP contribution in [-0.4, -0.2) is 5.33 Å². The van der Waals surface area contributed by atoms with Gasteiger partial charge in [-0.25, -0.2) is 0 Å². The van der Waals surface area contributed by atoms with Crippen LogP contribution in [0.5, 0.6) is 0 Å². The van der Waals surface area contributed by atoms with Crippen LogP contribution in [0.1, 0.15) is 46.5 Å². The van der Waals surface area contributed by atoms with Gasteiger partial charge in [-0.2, -0.15) is 0 Å². The molecule has 11 heavy (non-hydrogen) atoms. The topological polar surface area (TPSA) is 0 Å². The van der Waals surface area contributed by atoms with E-state index in [-0.39, 0.29) is 0 Å². The molecular formula is C10H21Br. The molecule has 0 aliphatic heterocycles. The van der Waals surface area contributed by atoms with Gasteiger partial charge in [0.05, 0.1) is 0 Å². The van der Waals surface area contributed by atoms with Crippen LogP contribution < -0.4 is 0 Å². The van der Waals surface area contributed by atoms with Crippen LogP contribution in [-0.2, 0) is 0 Å². The zero-order chi connectivity index (χ0) is 8.69. The summed E-state index contributed by atoms with van der Waals surface area (Å²) in [5, 5.41) is 1.16. The van der Waals surface area contributed by atoms with E-state index in [1.807, 2.05) is 0 Å². The van der Waals surface area contributed by atoms with Crippen molar-refractivity contribution >= 4 is 15.9 Å². The predicted octanol–water partition coefficient (Wildman–Crippen LogP) is 4.23. The van der Waals surface area contributed by atoms with Gasteiger partial charge in [0, 0.05) is 5.33 Å². The highest BCUT2D eigenvalue weighted by molar-refractivity contribution is 9.09. The maximum absolute atomic E-state index is 3.47. The van der Waals surface area contributed by atoms with E-state index in [9.17, 15) is 0 Å². The van der Waals surface area contributed by atoms with Crippen LogP contribution in [0.2, 0.25) is 0 Å². The SMILES string of the molecule is CC(C)CCC[C@@H](C)CCBr. The van der Waals surface area contributed by atoms with Gasteiger partial charge in [-0.05, 0) is 18.3 Å². The standard InChI is InChI=1S/C10H21Br/c1-9(2)5-4-6-10(3)7-8-11/h9-10H,4-8H2,1-3H3/t10-/m1/s1. The number of rotatable bonds is 6. The summed E-state index contributed by atoms with van der Waals surface area (Å²) in [6, 6.07) is 0. The Morgan fingerprint density at radius 1 is 1.00 bits per heavy atom. The number of halogens is 1. The van der Waals surface area contributed by atoms with Gasteiger partial charge in [-0.1, -0.05) is 56.0 Å². The van der Waals surface area contributed by atoms with Crippen LogP contribution in [0.25, 0.3) is 0 Å².